The molecule has 0 N–H and O–H groups in total. The molecule has 1 fully saturated rings. The lowest BCUT2D eigenvalue weighted by atomic mass is 10.2. The molecule has 2 aromatic rings. The van der Waals surface area contributed by atoms with Crippen LogP contribution in [0, 0.1) is 13.8 Å². The summed E-state index contributed by atoms with van der Waals surface area (Å²) in [6.45, 7) is 8.06. The Labute approximate surface area is 129 Å². The predicted molar refractivity (Wildman–Crippen MR) is 83.2 cm³/mol. The molecule has 0 amide bonds. The highest BCUT2D eigenvalue weighted by Gasteiger charge is 2.26. The maximum atomic E-state index is 5.57. The minimum Gasteiger partial charge on any atom is -0.445 e. The van der Waals surface area contributed by atoms with Crippen LogP contribution in [0.15, 0.2) is 16.8 Å². The minimum absolute atomic E-state index is 0.575. The Balaban J connectivity index is 1.51. The Morgan fingerprint density at radius 1 is 1.38 bits per heavy atom. The summed E-state index contributed by atoms with van der Waals surface area (Å²) in [6, 6.07) is 0.575. The van der Waals surface area contributed by atoms with E-state index in [4.69, 9.17) is 4.42 Å². The molecule has 114 valence electrons. The smallest absolute Gasteiger partial charge is 0.208 e. The average molecular weight is 306 g/mol. The summed E-state index contributed by atoms with van der Waals surface area (Å²) >= 11 is 1.80. The van der Waals surface area contributed by atoms with Gasteiger partial charge < -0.3 is 4.42 Å². The van der Waals surface area contributed by atoms with Gasteiger partial charge in [0.15, 0.2) is 0 Å². The molecule has 1 aliphatic heterocycles. The first-order chi connectivity index (χ1) is 10.1. The van der Waals surface area contributed by atoms with Gasteiger partial charge in [0, 0.05) is 36.8 Å². The van der Waals surface area contributed by atoms with Crippen LogP contribution < -0.4 is 0 Å². The normalized spacial score (nSPS) is 19.7. The number of aryl methyl sites for hydroxylation is 2. The van der Waals surface area contributed by atoms with Crippen LogP contribution >= 0.6 is 11.3 Å². The van der Waals surface area contributed by atoms with E-state index in [2.05, 4.69) is 33.7 Å². The second-order valence-corrected chi connectivity index (χ2v) is 7.12. The van der Waals surface area contributed by atoms with E-state index in [9.17, 15) is 0 Å². The van der Waals surface area contributed by atoms with Crippen molar-refractivity contribution in [1.29, 1.82) is 0 Å². The molecule has 6 heteroatoms. The molecule has 21 heavy (non-hydrogen) atoms. The molecular formula is C15H22N4OS. The molecule has 2 aromatic heterocycles. The SMILES string of the molecule is Cc1cnc(CN(C)[C@@H]2CCN(Cc3cnc(C)s3)C2)o1. The van der Waals surface area contributed by atoms with E-state index >= 15 is 0 Å². The fraction of sp³-hybridized carbons (Fsp3) is 0.600. The highest BCUT2D eigenvalue weighted by molar-refractivity contribution is 7.11. The number of hydrogen-bond acceptors (Lipinski definition) is 6. The average Bonchev–Trinajstić information content (AvgIpc) is 3.13. The van der Waals surface area contributed by atoms with Crippen molar-refractivity contribution in [2.45, 2.75) is 39.4 Å². The van der Waals surface area contributed by atoms with Gasteiger partial charge in [-0.25, -0.2) is 9.97 Å². The Hall–Kier alpha value is -1.24. The predicted octanol–water partition coefficient (Wildman–Crippen LogP) is 2.45. The third kappa shape index (κ3) is 3.70. The number of likely N-dealkylation sites (tertiary alicyclic amines) is 1. The molecule has 0 saturated carbocycles. The van der Waals surface area contributed by atoms with Gasteiger partial charge in [-0.2, -0.15) is 0 Å². The van der Waals surface area contributed by atoms with Crippen molar-refractivity contribution in [2.75, 3.05) is 20.1 Å². The van der Waals surface area contributed by atoms with Gasteiger partial charge in [-0.15, -0.1) is 11.3 Å². The molecule has 1 aliphatic rings. The minimum atomic E-state index is 0.575. The molecule has 0 bridgehead atoms. The molecule has 0 spiro atoms. The largest absolute Gasteiger partial charge is 0.445 e. The topological polar surface area (TPSA) is 45.4 Å². The van der Waals surface area contributed by atoms with Crippen LogP contribution in [0.3, 0.4) is 0 Å². The van der Waals surface area contributed by atoms with Crippen LogP contribution in [0.4, 0.5) is 0 Å². The summed E-state index contributed by atoms with van der Waals surface area (Å²) in [5.74, 6) is 1.69. The molecule has 0 radical (unpaired) electrons. The molecule has 5 nitrogen and oxygen atoms in total. The Morgan fingerprint density at radius 2 is 2.24 bits per heavy atom. The van der Waals surface area contributed by atoms with Crippen LogP contribution in [0.25, 0.3) is 0 Å². The molecular weight excluding hydrogens is 284 g/mol. The van der Waals surface area contributed by atoms with Gasteiger partial charge in [0.05, 0.1) is 17.7 Å². The quantitative estimate of drug-likeness (QED) is 0.849. The van der Waals surface area contributed by atoms with Crippen molar-refractivity contribution in [3.63, 3.8) is 0 Å². The van der Waals surface area contributed by atoms with Crippen molar-refractivity contribution in [3.05, 3.63) is 33.9 Å². The van der Waals surface area contributed by atoms with Gasteiger partial charge in [-0.05, 0) is 27.3 Å². The number of oxazole rings is 1. The first-order valence-corrected chi connectivity index (χ1v) is 8.17. The van der Waals surface area contributed by atoms with Gasteiger partial charge >= 0.3 is 0 Å². The van der Waals surface area contributed by atoms with Crippen molar-refractivity contribution in [3.8, 4) is 0 Å². The zero-order valence-electron chi connectivity index (χ0n) is 12.9. The number of rotatable bonds is 5. The van der Waals surface area contributed by atoms with Gasteiger partial charge in [-0.1, -0.05) is 0 Å². The zero-order chi connectivity index (χ0) is 14.8. The molecule has 0 aromatic carbocycles. The monoisotopic (exact) mass is 306 g/mol. The maximum Gasteiger partial charge on any atom is 0.208 e. The van der Waals surface area contributed by atoms with Crippen LogP contribution in [-0.2, 0) is 13.1 Å². The van der Waals surface area contributed by atoms with Crippen molar-refractivity contribution >= 4 is 11.3 Å². The Bertz CT molecular complexity index is 594. The number of aromatic nitrogens is 2. The third-order valence-corrected chi connectivity index (χ3v) is 4.87. The van der Waals surface area contributed by atoms with Gasteiger partial charge in [-0.3, -0.25) is 9.80 Å². The van der Waals surface area contributed by atoms with Crippen molar-refractivity contribution in [1.82, 2.24) is 19.8 Å². The Kier molecular flexibility index (Phi) is 4.37. The van der Waals surface area contributed by atoms with Crippen molar-refractivity contribution < 1.29 is 4.42 Å². The van der Waals surface area contributed by atoms with E-state index in [-0.39, 0.29) is 0 Å². The first kappa shape index (κ1) is 14.7. The van der Waals surface area contributed by atoms with Crippen LogP contribution in [0.5, 0.6) is 0 Å². The van der Waals surface area contributed by atoms with E-state index in [1.807, 2.05) is 13.1 Å². The zero-order valence-corrected chi connectivity index (χ0v) is 13.7. The number of nitrogens with zero attached hydrogens (tertiary/aromatic N) is 4. The highest BCUT2D eigenvalue weighted by Crippen LogP contribution is 2.21. The standard InChI is InChI=1S/C15H22N4OS/c1-11-6-17-15(20-11)10-18(3)13-4-5-19(8-13)9-14-7-16-12(2)21-14/h6-7,13H,4-5,8-10H2,1-3H3/t13-/m1/s1. The molecule has 3 heterocycles. The number of likely N-dealkylation sites (N-methyl/N-ethyl adjacent to an activating group) is 1. The number of thiazole rings is 1. The molecule has 1 atom stereocenters. The van der Waals surface area contributed by atoms with Gasteiger partial charge in [0.25, 0.3) is 0 Å². The van der Waals surface area contributed by atoms with E-state index in [1.165, 1.54) is 11.3 Å². The van der Waals surface area contributed by atoms with E-state index < -0.39 is 0 Å². The maximum absolute atomic E-state index is 5.57. The van der Waals surface area contributed by atoms with E-state index in [1.54, 1.807) is 17.5 Å². The molecule has 0 aliphatic carbocycles. The summed E-state index contributed by atoms with van der Waals surface area (Å²) in [5, 5.41) is 1.15. The summed E-state index contributed by atoms with van der Waals surface area (Å²) in [5.41, 5.74) is 0. The summed E-state index contributed by atoms with van der Waals surface area (Å²) < 4.78 is 5.57. The molecule has 1 saturated heterocycles. The lowest BCUT2D eigenvalue weighted by molar-refractivity contribution is 0.205. The second-order valence-electron chi connectivity index (χ2n) is 5.80. The van der Waals surface area contributed by atoms with Crippen LogP contribution in [0.2, 0.25) is 0 Å². The fourth-order valence-electron chi connectivity index (χ4n) is 2.83. The third-order valence-electron chi connectivity index (χ3n) is 3.97. The fourth-order valence-corrected chi connectivity index (χ4v) is 3.67. The summed E-state index contributed by atoms with van der Waals surface area (Å²) in [6.07, 6.45) is 5.00. The molecule has 0 unspecified atom stereocenters. The van der Waals surface area contributed by atoms with Crippen LogP contribution in [-0.4, -0.2) is 45.9 Å². The highest BCUT2D eigenvalue weighted by atomic mass is 32.1. The number of hydrogen-bond donors (Lipinski definition) is 0. The van der Waals surface area contributed by atoms with Crippen molar-refractivity contribution in [2.24, 2.45) is 0 Å². The first-order valence-electron chi connectivity index (χ1n) is 7.35. The van der Waals surface area contributed by atoms with Crippen LogP contribution in [0.1, 0.15) is 28.0 Å². The Morgan fingerprint density at radius 3 is 2.90 bits per heavy atom. The van der Waals surface area contributed by atoms with E-state index in [0.29, 0.717) is 6.04 Å². The molecule has 3 rings (SSSR count). The second kappa shape index (κ2) is 6.25. The summed E-state index contributed by atoms with van der Waals surface area (Å²) in [4.78, 5) is 14.8. The lowest BCUT2D eigenvalue weighted by Gasteiger charge is -2.23. The van der Waals surface area contributed by atoms with Gasteiger partial charge in [0.2, 0.25) is 5.89 Å². The van der Waals surface area contributed by atoms with Gasteiger partial charge in [0.1, 0.15) is 5.76 Å². The lowest BCUT2D eigenvalue weighted by Crippen LogP contribution is -2.34. The summed E-state index contributed by atoms with van der Waals surface area (Å²) in [7, 11) is 2.16. The van der Waals surface area contributed by atoms with E-state index in [0.717, 1.165) is 42.8 Å².